The molecule has 1 atom stereocenters. The van der Waals surface area contributed by atoms with Gasteiger partial charge >= 0.3 is 7.12 Å². The summed E-state index contributed by atoms with van der Waals surface area (Å²) in [7, 11) is -1.16. The highest BCUT2D eigenvalue weighted by Crippen LogP contribution is 2.28. The molecule has 0 saturated carbocycles. The van der Waals surface area contributed by atoms with Crippen molar-refractivity contribution in [3.05, 3.63) is 0 Å². The van der Waals surface area contributed by atoms with E-state index < -0.39 is 7.12 Å². The number of rotatable bonds is 2. The first-order valence-corrected chi connectivity index (χ1v) is 3.70. The fraction of sp³-hybridized carbons (Fsp3) is 1.00. The smallest absolute Gasteiger partial charge is 0.427 e. The highest BCUT2D eigenvalue weighted by atomic mass is 16.4. The predicted molar refractivity (Wildman–Crippen MR) is 43.6 cm³/mol. The predicted octanol–water partition coefficient (Wildman–Crippen LogP) is 1.14. The van der Waals surface area contributed by atoms with E-state index in [0.717, 1.165) is 0 Å². The summed E-state index contributed by atoms with van der Waals surface area (Å²) in [6, 6.07) is 0. The molecular formula is C7H17BO2. The molecule has 60 valence electrons. The standard InChI is InChI=1S/C7H17BO2/c1-6(5-8(9)10)7(2,3)4/h6,9-10H,5H2,1-4H3. The van der Waals surface area contributed by atoms with E-state index in [0.29, 0.717) is 12.2 Å². The SMILES string of the molecule is CC(CB(O)O)C(C)(C)C. The van der Waals surface area contributed by atoms with Crippen LogP contribution in [0.2, 0.25) is 6.32 Å². The van der Waals surface area contributed by atoms with Crippen molar-refractivity contribution < 1.29 is 10.0 Å². The number of hydrogen-bond acceptors (Lipinski definition) is 2. The molecule has 0 fully saturated rings. The minimum Gasteiger partial charge on any atom is -0.427 e. The Hall–Kier alpha value is -0.0151. The van der Waals surface area contributed by atoms with Gasteiger partial charge in [-0.15, -0.1) is 0 Å². The molecule has 2 nitrogen and oxygen atoms in total. The van der Waals surface area contributed by atoms with Crippen LogP contribution in [0.5, 0.6) is 0 Å². The van der Waals surface area contributed by atoms with Gasteiger partial charge in [-0.2, -0.15) is 0 Å². The maximum absolute atomic E-state index is 8.64. The van der Waals surface area contributed by atoms with E-state index in [9.17, 15) is 0 Å². The largest absolute Gasteiger partial charge is 0.451 e. The van der Waals surface area contributed by atoms with Crippen molar-refractivity contribution in [2.75, 3.05) is 0 Å². The molecule has 0 aromatic heterocycles. The van der Waals surface area contributed by atoms with Gasteiger partial charge in [0, 0.05) is 0 Å². The van der Waals surface area contributed by atoms with Crippen molar-refractivity contribution in [1.29, 1.82) is 0 Å². The molecule has 0 radical (unpaired) electrons. The van der Waals surface area contributed by atoms with Crippen molar-refractivity contribution in [3.8, 4) is 0 Å². The van der Waals surface area contributed by atoms with Crippen molar-refractivity contribution in [3.63, 3.8) is 0 Å². The molecule has 0 bridgehead atoms. The molecular weight excluding hydrogens is 127 g/mol. The van der Waals surface area contributed by atoms with Crippen LogP contribution < -0.4 is 0 Å². The lowest BCUT2D eigenvalue weighted by Gasteiger charge is -2.26. The van der Waals surface area contributed by atoms with Crippen molar-refractivity contribution in [2.45, 2.75) is 34.0 Å². The third-order valence-corrected chi connectivity index (χ3v) is 2.04. The third kappa shape index (κ3) is 3.91. The molecule has 0 aromatic rings. The second-order valence-corrected chi connectivity index (χ2v) is 3.98. The molecule has 0 rings (SSSR count). The molecule has 2 N–H and O–H groups in total. The zero-order valence-corrected chi connectivity index (χ0v) is 7.26. The average molecular weight is 144 g/mol. The normalized spacial score (nSPS) is 15.0. The van der Waals surface area contributed by atoms with Gasteiger partial charge in [0.25, 0.3) is 0 Å². The van der Waals surface area contributed by atoms with Gasteiger partial charge in [0.2, 0.25) is 0 Å². The third-order valence-electron chi connectivity index (χ3n) is 2.04. The van der Waals surface area contributed by atoms with E-state index in [1.165, 1.54) is 0 Å². The Kier molecular flexibility index (Phi) is 3.39. The monoisotopic (exact) mass is 144 g/mol. The van der Waals surface area contributed by atoms with Crippen LogP contribution in [-0.2, 0) is 0 Å². The van der Waals surface area contributed by atoms with Gasteiger partial charge < -0.3 is 10.0 Å². The van der Waals surface area contributed by atoms with E-state index in [1.807, 2.05) is 6.92 Å². The van der Waals surface area contributed by atoms with E-state index in [1.54, 1.807) is 0 Å². The highest BCUT2D eigenvalue weighted by Gasteiger charge is 2.23. The first kappa shape index (κ1) is 9.98. The molecule has 0 aliphatic heterocycles. The first-order valence-electron chi connectivity index (χ1n) is 3.70. The average Bonchev–Trinajstić information content (AvgIpc) is 1.60. The maximum atomic E-state index is 8.64. The highest BCUT2D eigenvalue weighted by molar-refractivity contribution is 6.41. The zero-order valence-electron chi connectivity index (χ0n) is 7.26. The summed E-state index contributed by atoms with van der Waals surface area (Å²) in [5.74, 6) is 0.340. The minimum absolute atomic E-state index is 0.170. The summed E-state index contributed by atoms with van der Waals surface area (Å²) in [6.07, 6.45) is 0.462. The summed E-state index contributed by atoms with van der Waals surface area (Å²) in [6.45, 7) is 8.32. The van der Waals surface area contributed by atoms with Gasteiger partial charge in [-0.1, -0.05) is 27.7 Å². The lowest BCUT2D eigenvalue weighted by molar-refractivity contribution is 0.263. The van der Waals surface area contributed by atoms with Crippen LogP contribution >= 0.6 is 0 Å². The Labute approximate surface area is 63.4 Å². The summed E-state index contributed by atoms with van der Waals surface area (Å²) in [5.41, 5.74) is 0.170. The van der Waals surface area contributed by atoms with Gasteiger partial charge in [0.1, 0.15) is 0 Å². The Balaban J connectivity index is 3.73. The van der Waals surface area contributed by atoms with Crippen LogP contribution in [-0.4, -0.2) is 17.2 Å². The van der Waals surface area contributed by atoms with Gasteiger partial charge in [0.05, 0.1) is 0 Å². The fourth-order valence-electron chi connectivity index (χ4n) is 0.670. The van der Waals surface area contributed by atoms with Crippen molar-refractivity contribution in [2.24, 2.45) is 11.3 Å². The molecule has 10 heavy (non-hydrogen) atoms. The quantitative estimate of drug-likeness (QED) is 0.570. The Morgan fingerprint density at radius 2 is 1.70 bits per heavy atom. The fourth-order valence-corrected chi connectivity index (χ4v) is 0.670. The number of hydrogen-bond donors (Lipinski definition) is 2. The van der Waals surface area contributed by atoms with Crippen LogP contribution in [0.15, 0.2) is 0 Å². The topological polar surface area (TPSA) is 40.5 Å². The van der Waals surface area contributed by atoms with Gasteiger partial charge in [-0.3, -0.25) is 0 Å². The van der Waals surface area contributed by atoms with Gasteiger partial charge in [-0.25, -0.2) is 0 Å². The van der Waals surface area contributed by atoms with Gasteiger partial charge in [0.15, 0.2) is 0 Å². The van der Waals surface area contributed by atoms with Crippen LogP contribution in [0.1, 0.15) is 27.7 Å². The molecule has 0 saturated heterocycles. The molecule has 0 heterocycles. The summed E-state index contributed by atoms with van der Waals surface area (Å²) < 4.78 is 0. The van der Waals surface area contributed by atoms with E-state index >= 15 is 0 Å². The van der Waals surface area contributed by atoms with Crippen LogP contribution in [0.3, 0.4) is 0 Å². The summed E-state index contributed by atoms with van der Waals surface area (Å²) in [5, 5.41) is 17.3. The second-order valence-electron chi connectivity index (χ2n) is 3.98. The van der Waals surface area contributed by atoms with E-state index in [4.69, 9.17) is 10.0 Å². The zero-order chi connectivity index (χ0) is 8.36. The Morgan fingerprint density at radius 1 is 1.30 bits per heavy atom. The van der Waals surface area contributed by atoms with Crippen molar-refractivity contribution >= 4 is 7.12 Å². The summed E-state index contributed by atoms with van der Waals surface area (Å²) in [4.78, 5) is 0. The molecule has 1 unspecified atom stereocenters. The minimum atomic E-state index is -1.16. The first-order chi connectivity index (χ1) is 4.34. The van der Waals surface area contributed by atoms with Crippen molar-refractivity contribution in [1.82, 2.24) is 0 Å². The molecule has 0 aromatic carbocycles. The second kappa shape index (κ2) is 3.40. The lowest BCUT2D eigenvalue weighted by Crippen LogP contribution is -2.24. The van der Waals surface area contributed by atoms with Crippen LogP contribution in [0.25, 0.3) is 0 Å². The lowest BCUT2D eigenvalue weighted by atomic mass is 9.69. The summed E-state index contributed by atoms with van der Waals surface area (Å²) >= 11 is 0. The van der Waals surface area contributed by atoms with E-state index in [2.05, 4.69) is 20.8 Å². The van der Waals surface area contributed by atoms with Gasteiger partial charge in [-0.05, 0) is 17.7 Å². The Bertz CT molecular complexity index is 96.3. The molecule has 0 aliphatic rings. The van der Waals surface area contributed by atoms with Crippen LogP contribution in [0, 0.1) is 11.3 Å². The molecule has 0 amide bonds. The molecule has 0 aliphatic carbocycles. The molecule has 3 heteroatoms. The maximum Gasteiger partial charge on any atom is 0.451 e. The Morgan fingerprint density at radius 3 is 1.80 bits per heavy atom. The van der Waals surface area contributed by atoms with Crippen LogP contribution in [0.4, 0.5) is 0 Å². The van der Waals surface area contributed by atoms with E-state index in [-0.39, 0.29) is 5.41 Å². The molecule has 0 spiro atoms.